The topological polar surface area (TPSA) is 100 Å². The van der Waals surface area contributed by atoms with Crippen molar-refractivity contribution in [3.63, 3.8) is 0 Å². The zero-order valence-corrected chi connectivity index (χ0v) is 16.4. The molecule has 0 atom stereocenters. The van der Waals surface area contributed by atoms with Gasteiger partial charge in [0.05, 0.1) is 28.7 Å². The van der Waals surface area contributed by atoms with Gasteiger partial charge in [-0.25, -0.2) is 9.79 Å². The second-order valence-electron chi connectivity index (χ2n) is 5.83. The Kier molecular flexibility index (Phi) is 6.13. The quantitative estimate of drug-likeness (QED) is 0.287. The summed E-state index contributed by atoms with van der Waals surface area (Å²) in [5.74, 6) is 0.489. The molecule has 1 heterocycles. The molecule has 2 aromatic rings. The van der Waals surface area contributed by atoms with Gasteiger partial charge in [-0.1, -0.05) is 17.7 Å². The minimum Gasteiger partial charge on any atom is -0.490 e. The van der Waals surface area contributed by atoms with Crippen LogP contribution in [-0.2, 0) is 9.53 Å². The molecule has 2 aromatic carbocycles. The molecule has 0 fully saturated rings. The lowest BCUT2D eigenvalue weighted by Gasteiger charge is -2.11. The SMILES string of the molecule is CCOc1ccc(C=C2N=C(c3ccc([N+](=O)[O-])cc3Cl)OC2=O)cc1OCC. The van der Waals surface area contributed by atoms with Crippen LogP contribution in [0.25, 0.3) is 6.08 Å². The van der Waals surface area contributed by atoms with Gasteiger partial charge in [0.15, 0.2) is 17.2 Å². The van der Waals surface area contributed by atoms with E-state index in [2.05, 4.69) is 4.99 Å². The van der Waals surface area contributed by atoms with Crippen LogP contribution in [0.5, 0.6) is 11.5 Å². The average molecular weight is 417 g/mol. The Hall–Kier alpha value is -3.39. The van der Waals surface area contributed by atoms with Crippen molar-refractivity contribution in [2.75, 3.05) is 13.2 Å². The molecular formula is C20H17ClN2O6. The zero-order valence-electron chi connectivity index (χ0n) is 15.7. The molecule has 8 nitrogen and oxygen atoms in total. The fourth-order valence-electron chi connectivity index (χ4n) is 2.63. The van der Waals surface area contributed by atoms with E-state index in [1.807, 2.05) is 13.8 Å². The highest BCUT2D eigenvalue weighted by Crippen LogP contribution is 2.31. The fraction of sp³-hybridized carbons (Fsp3) is 0.200. The highest BCUT2D eigenvalue weighted by molar-refractivity contribution is 6.34. The predicted molar refractivity (Wildman–Crippen MR) is 107 cm³/mol. The van der Waals surface area contributed by atoms with E-state index >= 15 is 0 Å². The first-order valence-electron chi connectivity index (χ1n) is 8.79. The van der Waals surface area contributed by atoms with Gasteiger partial charge >= 0.3 is 5.97 Å². The van der Waals surface area contributed by atoms with Crippen molar-refractivity contribution in [1.82, 2.24) is 0 Å². The summed E-state index contributed by atoms with van der Waals surface area (Å²) in [5.41, 5.74) is 0.859. The molecule has 3 rings (SSSR count). The standard InChI is InChI=1S/C20H17ClN2O6/c1-3-27-17-8-5-12(10-18(17)28-4-2)9-16-20(24)29-19(22-16)14-7-6-13(23(25)26)11-15(14)21/h5-11H,3-4H2,1-2H3. The summed E-state index contributed by atoms with van der Waals surface area (Å²) in [6.45, 7) is 4.69. The van der Waals surface area contributed by atoms with Crippen molar-refractivity contribution < 1.29 is 23.9 Å². The molecule has 0 amide bonds. The van der Waals surface area contributed by atoms with Gasteiger partial charge in [0, 0.05) is 12.1 Å². The van der Waals surface area contributed by atoms with Crippen LogP contribution in [0.1, 0.15) is 25.0 Å². The Balaban J connectivity index is 1.92. The van der Waals surface area contributed by atoms with E-state index in [0.29, 0.717) is 30.3 Å². The van der Waals surface area contributed by atoms with Gasteiger partial charge in [-0.3, -0.25) is 10.1 Å². The maximum absolute atomic E-state index is 12.2. The van der Waals surface area contributed by atoms with Gasteiger partial charge in [0.2, 0.25) is 5.90 Å². The molecule has 0 N–H and O–H groups in total. The van der Waals surface area contributed by atoms with Gasteiger partial charge in [0.25, 0.3) is 5.69 Å². The monoisotopic (exact) mass is 416 g/mol. The van der Waals surface area contributed by atoms with Crippen molar-refractivity contribution >= 4 is 35.2 Å². The average Bonchev–Trinajstić information content (AvgIpc) is 3.04. The van der Waals surface area contributed by atoms with Crippen LogP contribution < -0.4 is 9.47 Å². The van der Waals surface area contributed by atoms with Crippen LogP contribution in [-0.4, -0.2) is 30.0 Å². The van der Waals surface area contributed by atoms with E-state index in [9.17, 15) is 14.9 Å². The van der Waals surface area contributed by atoms with E-state index < -0.39 is 10.9 Å². The molecule has 0 aliphatic carbocycles. The molecule has 1 aliphatic rings. The largest absolute Gasteiger partial charge is 0.490 e. The Morgan fingerprint density at radius 2 is 1.86 bits per heavy atom. The van der Waals surface area contributed by atoms with Crippen molar-refractivity contribution in [1.29, 1.82) is 0 Å². The normalized spacial score (nSPS) is 14.5. The number of carbonyl (C=O) groups is 1. The molecule has 9 heteroatoms. The predicted octanol–water partition coefficient (Wildman–Crippen LogP) is 4.39. The molecule has 0 bridgehead atoms. The first kappa shape index (κ1) is 20.3. The Bertz CT molecular complexity index is 1030. The molecule has 1 aliphatic heterocycles. The number of hydrogen-bond acceptors (Lipinski definition) is 7. The number of nitro benzene ring substituents is 1. The van der Waals surface area contributed by atoms with Crippen molar-refractivity contribution in [2.24, 2.45) is 4.99 Å². The summed E-state index contributed by atoms with van der Waals surface area (Å²) >= 11 is 6.09. The van der Waals surface area contributed by atoms with E-state index in [-0.39, 0.29) is 27.9 Å². The van der Waals surface area contributed by atoms with Crippen molar-refractivity contribution in [3.05, 3.63) is 68.4 Å². The van der Waals surface area contributed by atoms with Crippen molar-refractivity contribution in [3.8, 4) is 11.5 Å². The third-order valence-electron chi connectivity index (χ3n) is 3.89. The first-order valence-corrected chi connectivity index (χ1v) is 9.17. The lowest BCUT2D eigenvalue weighted by atomic mass is 10.1. The van der Waals surface area contributed by atoms with Crippen LogP contribution in [0.3, 0.4) is 0 Å². The van der Waals surface area contributed by atoms with Crippen LogP contribution in [0.4, 0.5) is 5.69 Å². The Labute approximate surface area is 171 Å². The highest BCUT2D eigenvalue weighted by Gasteiger charge is 2.26. The minimum atomic E-state index is -0.652. The summed E-state index contributed by atoms with van der Waals surface area (Å²) in [6.07, 6.45) is 1.55. The maximum atomic E-state index is 12.2. The third kappa shape index (κ3) is 4.55. The van der Waals surface area contributed by atoms with Crippen LogP contribution in [0.15, 0.2) is 47.1 Å². The van der Waals surface area contributed by atoms with Crippen LogP contribution in [0, 0.1) is 10.1 Å². The van der Waals surface area contributed by atoms with Gasteiger partial charge in [-0.05, 0) is 43.7 Å². The number of ether oxygens (including phenoxy) is 3. The van der Waals surface area contributed by atoms with Crippen LogP contribution >= 0.6 is 11.6 Å². The molecule has 29 heavy (non-hydrogen) atoms. The molecule has 0 saturated heterocycles. The second-order valence-corrected chi connectivity index (χ2v) is 6.24. The van der Waals surface area contributed by atoms with Gasteiger partial charge in [-0.2, -0.15) is 0 Å². The summed E-state index contributed by atoms with van der Waals surface area (Å²) in [7, 11) is 0. The third-order valence-corrected chi connectivity index (χ3v) is 4.20. The zero-order chi connectivity index (χ0) is 21.0. The molecule has 0 saturated carbocycles. The molecule has 0 aromatic heterocycles. The number of cyclic esters (lactones) is 1. The van der Waals surface area contributed by atoms with Gasteiger partial charge in [-0.15, -0.1) is 0 Å². The van der Waals surface area contributed by atoms with E-state index in [0.717, 1.165) is 0 Å². The number of esters is 1. The number of nitrogens with zero attached hydrogens (tertiary/aromatic N) is 2. The number of carbonyl (C=O) groups excluding carboxylic acids is 1. The number of hydrogen-bond donors (Lipinski definition) is 0. The first-order chi connectivity index (χ1) is 13.9. The molecule has 0 radical (unpaired) electrons. The molecular weight excluding hydrogens is 400 g/mol. The lowest BCUT2D eigenvalue weighted by molar-refractivity contribution is -0.384. The number of benzene rings is 2. The Morgan fingerprint density at radius 1 is 1.14 bits per heavy atom. The highest BCUT2D eigenvalue weighted by atomic mass is 35.5. The summed E-state index contributed by atoms with van der Waals surface area (Å²) < 4.78 is 16.3. The van der Waals surface area contributed by atoms with E-state index in [4.69, 9.17) is 25.8 Å². The number of nitro groups is 1. The van der Waals surface area contributed by atoms with E-state index in [1.165, 1.54) is 18.2 Å². The van der Waals surface area contributed by atoms with Crippen LogP contribution in [0.2, 0.25) is 5.02 Å². The summed E-state index contributed by atoms with van der Waals surface area (Å²) in [5, 5.41) is 10.9. The second kappa shape index (κ2) is 8.74. The number of non-ortho nitro benzene ring substituents is 1. The number of halogens is 1. The smallest absolute Gasteiger partial charge is 0.363 e. The molecule has 0 spiro atoms. The number of aliphatic imine (C=N–C) groups is 1. The van der Waals surface area contributed by atoms with Gasteiger partial charge in [0.1, 0.15) is 0 Å². The Morgan fingerprint density at radius 3 is 2.52 bits per heavy atom. The molecule has 0 unspecified atom stereocenters. The van der Waals surface area contributed by atoms with Crippen molar-refractivity contribution in [2.45, 2.75) is 13.8 Å². The molecule has 150 valence electrons. The summed E-state index contributed by atoms with van der Waals surface area (Å²) in [6, 6.07) is 9.08. The minimum absolute atomic E-state index is 0.0166. The fourth-order valence-corrected chi connectivity index (χ4v) is 2.89. The van der Waals surface area contributed by atoms with Gasteiger partial charge < -0.3 is 14.2 Å². The summed E-state index contributed by atoms with van der Waals surface area (Å²) in [4.78, 5) is 26.7. The van der Waals surface area contributed by atoms with E-state index in [1.54, 1.807) is 24.3 Å². The maximum Gasteiger partial charge on any atom is 0.363 e. The number of rotatable bonds is 7. The lowest BCUT2D eigenvalue weighted by Crippen LogP contribution is -2.06.